The Hall–Kier alpha value is -2.53. The average molecular weight is 382 g/mol. The Kier molecular flexibility index (Phi) is 7.31. The monoisotopic (exact) mass is 381 g/mol. The second-order valence-corrected chi connectivity index (χ2v) is 7.21. The van der Waals surface area contributed by atoms with Crippen LogP contribution in [0.25, 0.3) is 0 Å². The van der Waals surface area contributed by atoms with Crippen molar-refractivity contribution in [1.82, 2.24) is 10.2 Å². The molecule has 28 heavy (non-hydrogen) atoms. The van der Waals surface area contributed by atoms with Crippen molar-refractivity contribution < 1.29 is 9.47 Å². The Morgan fingerprint density at radius 1 is 1.18 bits per heavy atom. The van der Waals surface area contributed by atoms with Gasteiger partial charge in [0.15, 0.2) is 5.96 Å². The molecule has 5 heteroatoms. The molecular formula is C23H31N3O2. The van der Waals surface area contributed by atoms with E-state index in [1.165, 1.54) is 5.56 Å². The molecule has 0 saturated carbocycles. The molecule has 1 fully saturated rings. The first-order valence-electron chi connectivity index (χ1n) is 9.96. The molecule has 3 rings (SSSR count). The molecule has 1 saturated heterocycles. The molecule has 0 amide bonds. The zero-order valence-electron chi connectivity index (χ0n) is 17.1. The maximum absolute atomic E-state index is 5.99. The fourth-order valence-electron chi connectivity index (χ4n) is 3.58. The average Bonchev–Trinajstić information content (AvgIpc) is 3.19. The zero-order valence-corrected chi connectivity index (χ0v) is 17.1. The van der Waals surface area contributed by atoms with Gasteiger partial charge in [-0.3, -0.25) is 4.99 Å². The Morgan fingerprint density at radius 3 is 2.68 bits per heavy atom. The molecule has 150 valence electrons. The van der Waals surface area contributed by atoms with Gasteiger partial charge >= 0.3 is 0 Å². The first kappa shape index (κ1) is 20.2. The third-order valence-electron chi connectivity index (χ3n) is 5.22. The van der Waals surface area contributed by atoms with Crippen LogP contribution in [0.2, 0.25) is 0 Å². The number of rotatable bonds is 7. The Morgan fingerprint density at radius 2 is 1.93 bits per heavy atom. The van der Waals surface area contributed by atoms with Crippen LogP contribution in [0.3, 0.4) is 0 Å². The summed E-state index contributed by atoms with van der Waals surface area (Å²) in [5.41, 5.74) is 2.41. The SMILES string of the molecule is CN=C(NCC1CCOC1c1ccccc1)N(C)CCOc1ccccc1C. The highest BCUT2D eigenvalue weighted by molar-refractivity contribution is 5.79. The van der Waals surface area contributed by atoms with E-state index in [4.69, 9.17) is 9.47 Å². The second-order valence-electron chi connectivity index (χ2n) is 7.21. The number of hydrogen-bond donors (Lipinski definition) is 1. The molecule has 0 radical (unpaired) electrons. The molecule has 2 unspecified atom stereocenters. The molecule has 0 aliphatic carbocycles. The number of benzene rings is 2. The zero-order chi connectivity index (χ0) is 19.8. The normalized spacial score (nSPS) is 19.5. The lowest BCUT2D eigenvalue weighted by atomic mass is 9.95. The molecule has 0 spiro atoms. The summed E-state index contributed by atoms with van der Waals surface area (Å²) < 4.78 is 11.9. The summed E-state index contributed by atoms with van der Waals surface area (Å²) in [5.74, 6) is 2.26. The standard InChI is InChI=1S/C23H31N3O2/c1-18-9-7-8-12-21(18)27-16-14-26(3)23(24-2)25-17-20-13-15-28-22(20)19-10-5-4-6-11-19/h4-12,20,22H,13-17H2,1-3H3,(H,24,25). The smallest absolute Gasteiger partial charge is 0.193 e. The number of likely N-dealkylation sites (N-methyl/N-ethyl adjacent to an activating group) is 1. The molecular weight excluding hydrogens is 350 g/mol. The van der Waals surface area contributed by atoms with Crippen molar-refractivity contribution in [2.75, 3.05) is 40.4 Å². The van der Waals surface area contributed by atoms with Crippen molar-refractivity contribution in [1.29, 1.82) is 0 Å². The molecule has 1 aliphatic heterocycles. The molecule has 0 aromatic heterocycles. The summed E-state index contributed by atoms with van der Waals surface area (Å²) in [4.78, 5) is 6.53. The Labute approximate surface area is 168 Å². The number of nitrogens with one attached hydrogen (secondary N) is 1. The molecule has 2 aromatic carbocycles. The molecule has 1 heterocycles. The van der Waals surface area contributed by atoms with Crippen molar-refractivity contribution in [3.63, 3.8) is 0 Å². The van der Waals surface area contributed by atoms with E-state index in [1.807, 2.05) is 38.4 Å². The van der Waals surface area contributed by atoms with Gasteiger partial charge < -0.3 is 19.7 Å². The Balaban J connectivity index is 1.47. The van der Waals surface area contributed by atoms with E-state index in [2.05, 4.69) is 52.5 Å². The van der Waals surface area contributed by atoms with Crippen LogP contribution < -0.4 is 10.1 Å². The van der Waals surface area contributed by atoms with Gasteiger partial charge in [-0.25, -0.2) is 0 Å². The third kappa shape index (κ3) is 5.26. The predicted molar refractivity (Wildman–Crippen MR) is 114 cm³/mol. The van der Waals surface area contributed by atoms with E-state index in [0.717, 1.165) is 43.4 Å². The molecule has 2 atom stereocenters. The van der Waals surface area contributed by atoms with Gasteiger partial charge in [-0.2, -0.15) is 0 Å². The van der Waals surface area contributed by atoms with E-state index in [1.54, 1.807) is 0 Å². The highest BCUT2D eigenvalue weighted by Crippen LogP contribution is 2.33. The van der Waals surface area contributed by atoms with Crippen LogP contribution in [-0.2, 0) is 4.74 Å². The maximum Gasteiger partial charge on any atom is 0.193 e. The number of nitrogens with zero attached hydrogens (tertiary/aromatic N) is 2. The van der Waals surface area contributed by atoms with Crippen molar-refractivity contribution in [2.45, 2.75) is 19.4 Å². The summed E-state index contributed by atoms with van der Waals surface area (Å²) in [6.07, 6.45) is 1.21. The molecule has 1 aliphatic rings. The Bertz CT molecular complexity index is 763. The van der Waals surface area contributed by atoms with Crippen LogP contribution in [0.1, 0.15) is 23.7 Å². The van der Waals surface area contributed by atoms with E-state index < -0.39 is 0 Å². The van der Waals surface area contributed by atoms with E-state index >= 15 is 0 Å². The number of hydrogen-bond acceptors (Lipinski definition) is 3. The lowest BCUT2D eigenvalue weighted by Gasteiger charge is -2.25. The highest BCUT2D eigenvalue weighted by atomic mass is 16.5. The van der Waals surface area contributed by atoms with Crippen LogP contribution in [0.4, 0.5) is 0 Å². The van der Waals surface area contributed by atoms with Gasteiger partial charge in [0.05, 0.1) is 12.6 Å². The van der Waals surface area contributed by atoms with Crippen LogP contribution in [0.5, 0.6) is 5.75 Å². The first-order valence-corrected chi connectivity index (χ1v) is 9.96. The van der Waals surface area contributed by atoms with Crippen molar-refractivity contribution in [3.05, 3.63) is 65.7 Å². The number of aliphatic imine (C=N–C) groups is 1. The van der Waals surface area contributed by atoms with Gasteiger partial charge in [0, 0.05) is 33.2 Å². The summed E-state index contributed by atoms with van der Waals surface area (Å²) in [6.45, 7) is 5.09. The van der Waals surface area contributed by atoms with Crippen molar-refractivity contribution in [3.8, 4) is 5.75 Å². The van der Waals surface area contributed by atoms with Gasteiger partial charge in [-0.1, -0.05) is 48.5 Å². The van der Waals surface area contributed by atoms with Crippen LogP contribution in [-0.4, -0.2) is 51.3 Å². The van der Waals surface area contributed by atoms with Gasteiger partial charge in [0.25, 0.3) is 0 Å². The van der Waals surface area contributed by atoms with Gasteiger partial charge in [0.2, 0.25) is 0 Å². The summed E-state index contributed by atoms with van der Waals surface area (Å²) in [6, 6.07) is 18.6. The fraction of sp³-hybridized carbons (Fsp3) is 0.435. The van der Waals surface area contributed by atoms with Crippen LogP contribution in [0, 0.1) is 12.8 Å². The largest absolute Gasteiger partial charge is 0.491 e. The molecule has 1 N–H and O–H groups in total. The highest BCUT2D eigenvalue weighted by Gasteiger charge is 2.29. The number of para-hydroxylation sites is 1. The molecule has 2 aromatic rings. The van der Waals surface area contributed by atoms with E-state index in [-0.39, 0.29) is 6.10 Å². The number of guanidine groups is 1. The fourth-order valence-corrected chi connectivity index (χ4v) is 3.58. The van der Waals surface area contributed by atoms with Crippen LogP contribution in [0.15, 0.2) is 59.6 Å². The second kappa shape index (κ2) is 10.1. The van der Waals surface area contributed by atoms with Crippen LogP contribution >= 0.6 is 0 Å². The number of aryl methyl sites for hydroxylation is 1. The minimum absolute atomic E-state index is 0.154. The lowest BCUT2D eigenvalue weighted by molar-refractivity contribution is 0.0913. The summed E-state index contributed by atoms with van der Waals surface area (Å²) >= 11 is 0. The third-order valence-corrected chi connectivity index (χ3v) is 5.22. The molecule has 0 bridgehead atoms. The predicted octanol–water partition coefficient (Wildman–Crippen LogP) is 3.66. The number of ether oxygens (including phenoxy) is 2. The van der Waals surface area contributed by atoms with E-state index in [9.17, 15) is 0 Å². The molecule has 5 nitrogen and oxygen atoms in total. The lowest BCUT2D eigenvalue weighted by Crippen LogP contribution is -2.43. The summed E-state index contributed by atoms with van der Waals surface area (Å²) in [5, 5.41) is 3.51. The van der Waals surface area contributed by atoms with Gasteiger partial charge in [0.1, 0.15) is 12.4 Å². The topological polar surface area (TPSA) is 46.1 Å². The van der Waals surface area contributed by atoms with Gasteiger partial charge in [-0.05, 0) is 30.5 Å². The quantitative estimate of drug-likeness (QED) is 0.587. The first-order chi connectivity index (χ1) is 13.7. The minimum atomic E-state index is 0.154. The van der Waals surface area contributed by atoms with E-state index in [0.29, 0.717) is 12.5 Å². The van der Waals surface area contributed by atoms with Crippen molar-refractivity contribution in [2.24, 2.45) is 10.9 Å². The van der Waals surface area contributed by atoms with Crippen molar-refractivity contribution >= 4 is 5.96 Å². The van der Waals surface area contributed by atoms with Gasteiger partial charge in [-0.15, -0.1) is 0 Å². The minimum Gasteiger partial charge on any atom is -0.491 e. The summed E-state index contributed by atoms with van der Waals surface area (Å²) in [7, 11) is 3.86. The maximum atomic E-state index is 5.99.